The number of carbonyl (C=O) groups excluding carboxylic acids is 4. The molecule has 0 aliphatic carbocycles. The van der Waals surface area contributed by atoms with Gasteiger partial charge in [-0.2, -0.15) is 0 Å². The summed E-state index contributed by atoms with van der Waals surface area (Å²) in [6.45, 7) is 13.6. The average molecular weight is 891 g/mol. The minimum Gasteiger partial charge on any atom is -0.488 e. The van der Waals surface area contributed by atoms with Gasteiger partial charge in [-0.3, -0.25) is 9.59 Å². The first-order valence-electron chi connectivity index (χ1n) is 20.8. The maximum Gasteiger partial charge on any atom is 0.407 e. The van der Waals surface area contributed by atoms with Crippen molar-refractivity contribution in [2.45, 2.75) is 59.2 Å². The molecule has 0 spiro atoms. The number of alkyl carbamates (subject to hydrolysis) is 2. The fourth-order valence-electron chi connectivity index (χ4n) is 4.84. The number of nitrogens with one attached hydrogen (secondary N) is 2. The zero-order valence-corrected chi connectivity index (χ0v) is 37.4. The monoisotopic (exact) mass is 890 g/mol. The van der Waals surface area contributed by atoms with Gasteiger partial charge in [0.1, 0.15) is 37.6 Å². The van der Waals surface area contributed by atoms with Gasteiger partial charge in [-0.1, -0.05) is 24.3 Å². The molecule has 4 N–H and O–H groups in total. The van der Waals surface area contributed by atoms with E-state index in [2.05, 4.69) is 10.6 Å². The highest BCUT2D eigenvalue weighted by atomic mass is 16.6. The van der Waals surface area contributed by atoms with Gasteiger partial charge in [-0.15, -0.1) is 0 Å². The number of rotatable bonds is 32. The van der Waals surface area contributed by atoms with Crippen LogP contribution in [0.4, 0.5) is 9.59 Å². The molecule has 18 nitrogen and oxygen atoms in total. The standard InChI is InChI=1S/C45H66N2O16/c1-44(2,3)62-42(52)46-15-19-58-38-13-9-34(31-40(38)60-29-27-56-25-23-54-21-17-48)7-11-36(50)33-37(51)12-8-35-10-14-39(59-20-16-47-43(53)63-45(4,5)6)41(32-35)61-30-28-57-26-24-55-22-18-49/h7-14,31-32,48-49H,15-30,33H2,1-6H3,(H,46,52)(H,47,53)/b11-7+,12-8+. The second-order valence-electron chi connectivity index (χ2n) is 15.3. The second-order valence-corrected chi connectivity index (χ2v) is 15.3. The Morgan fingerprint density at radius 2 is 0.841 bits per heavy atom. The molecule has 0 aliphatic heterocycles. The lowest BCUT2D eigenvalue weighted by molar-refractivity contribution is -0.121. The zero-order chi connectivity index (χ0) is 46.4. The van der Waals surface area contributed by atoms with Crippen LogP contribution in [0.2, 0.25) is 0 Å². The van der Waals surface area contributed by atoms with Crippen LogP contribution in [-0.2, 0) is 38.0 Å². The number of hydrogen-bond donors (Lipinski definition) is 4. The maximum atomic E-state index is 12.8. The summed E-state index contributed by atoms with van der Waals surface area (Å²) in [6, 6.07) is 10.1. The number of ketones is 2. The van der Waals surface area contributed by atoms with Crippen molar-refractivity contribution < 1.29 is 76.8 Å². The Labute approximate surface area is 370 Å². The first-order chi connectivity index (χ1) is 30.1. The largest absolute Gasteiger partial charge is 0.488 e. The Morgan fingerprint density at radius 1 is 0.492 bits per heavy atom. The smallest absolute Gasteiger partial charge is 0.407 e. The van der Waals surface area contributed by atoms with Gasteiger partial charge in [-0.25, -0.2) is 9.59 Å². The predicted octanol–water partition coefficient (Wildman–Crippen LogP) is 4.56. The van der Waals surface area contributed by atoms with E-state index in [0.29, 0.717) is 60.6 Å². The third-order valence-corrected chi connectivity index (χ3v) is 7.45. The summed E-state index contributed by atoms with van der Waals surface area (Å²) in [6.07, 6.45) is 4.22. The Hall–Kier alpha value is -5.24. The summed E-state index contributed by atoms with van der Waals surface area (Å²) in [5, 5.41) is 22.9. The quantitative estimate of drug-likeness (QED) is 0.0449. The summed E-state index contributed by atoms with van der Waals surface area (Å²) >= 11 is 0. The van der Waals surface area contributed by atoms with Crippen LogP contribution >= 0.6 is 0 Å². The summed E-state index contributed by atoms with van der Waals surface area (Å²) in [4.78, 5) is 49.7. The normalized spacial score (nSPS) is 11.7. The molecular formula is C45H66N2O16. The number of amides is 2. The van der Waals surface area contributed by atoms with Gasteiger partial charge in [0, 0.05) is 0 Å². The minimum atomic E-state index is -0.638. The van der Waals surface area contributed by atoms with Crippen LogP contribution in [0.3, 0.4) is 0 Å². The zero-order valence-electron chi connectivity index (χ0n) is 37.4. The molecule has 2 aromatic rings. The lowest BCUT2D eigenvalue weighted by Crippen LogP contribution is -2.34. The van der Waals surface area contributed by atoms with Crippen molar-refractivity contribution in [2.24, 2.45) is 0 Å². The van der Waals surface area contributed by atoms with Crippen LogP contribution in [0.15, 0.2) is 48.6 Å². The maximum absolute atomic E-state index is 12.8. The van der Waals surface area contributed by atoms with Gasteiger partial charge in [0.15, 0.2) is 34.6 Å². The number of benzene rings is 2. The molecule has 0 heterocycles. The van der Waals surface area contributed by atoms with Gasteiger partial charge in [0.05, 0.1) is 85.6 Å². The molecule has 0 bridgehead atoms. The molecule has 18 heteroatoms. The number of ether oxygens (including phenoxy) is 10. The first-order valence-corrected chi connectivity index (χ1v) is 20.8. The number of hydrogen-bond acceptors (Lipinski definition) is 16. The van der Waals surface area contributed by atoms with E-state index < -0.39 is 35.0 Å². The molecule has 0 aromatic heterocycles. The molecule has 0 saturated carbocycles. The van der Waals surface area contributed by atoms with Crippen LogP contribution in [-0.4, -0.2) is 151 Å². The van der Waals surface area contributed by atoms with E-state index in [1.54, 1.807) is 90.1 Å². The van der Waals surface area contributed by atoms with E-state index in [1.165, 1.54) is 12.2 Å². The van der Waals surface area contributed by atoms with Gasteiger partial charge in [0.25, 0.3) is 0 Å². The van der Waals surface area contributed by atoms with E-state index in [-0.39, 0.29) is 85.6 Å². The second kappa shape index (κ2) is 30.7. The van der Waals surface area contributed by atoms with Crippen molar-refractivity contribution in [3.63, 3.8) is 0 Å². The molecule has 0 saturated heterocycles. The molecule has 0 radical (unpaired) electrons. The topological polar surface area (TPSA) is 225 Å². The summed E-state index contributed by atoms with van der Waals surface area (Å²) in [5.74, 6) is 0.685. The van der Waals surface area contributed by atoms with Crippen molar-refractivity contribution in [2.75, 3.05) is 106 Å². The summed E-state index contributed by atoms with van der Waals surface area (Å²) in [7, 11) is 0. The van der Waals surface area contributed by atoms with Crippen LogP contribution in [0, 0.1) is 0 Å². The molecule has 0 aliphatic rings. The third kappa shape index (κ3) is 27.4. The van der Waals surface area contributed by atoms with Crippen LogP contribution in [0.5, 0.6) is 23.0 Å². The van der Waals surface area contributed by atoms with E-state index >= 15 is 0 Å². The van der Waals surface area contributed by atoms with Crippen molar-refractivity contribution in [3.05, 3.63) is 59.7 Å². The average Bonchev–Trinajstić information content (AvgIpc) is 3.21. The Bertz CT molecular complexity index is 1590. The molecule has 0 fully saturated rings. The van der Waals surface area contributed by atoms with Crippen molar-refractivity contribution in [1.82, 2.24) is 10.6 Å². The summed E-state index contributed by atoms with van der Waals surface area (Å²) < 4.78 is 55.5. The van der Waals surface area contributed by atoms with Gasteiger partial charge >= 0.3 is 12.2 Å². The lowest BCUT2D eigenvalue weighted by Gasteiger charge is -2.20. The Balaban J connectivity index is 2.04. The number of carbonyl (C=O) groups is 4. The van der Waals surface area contributed by atoms with E-state index in [9.17, 15) is 19.2 Å². The summed E-state index contributed by atoms with van der Waals surface area (Å²) in [5.41, 5.74) is -0.0641. The fraction of sp³-hybridized carbons (Fsp3) is 0.556. The van der Waals surface area contributed by atoms with Gasteiger partial charge < -0.3 is 68.2 Å². The molecule has 0 atom stereocenters. The van der Waals surface area contributed by atoms with Crippen molar-refractivity contribution in [3.8, 4) is 23.0 Å². The van der Waals surface area contributed by atoms with Gasteiger partial charge in [-0.05, 0) is 89.1 Å². The van der Waals surface area contributed by atoms with E-state index in [0.717, 1.165) is 0 Å². The highest BCUT2D eigenvalue weighted by molar-refractivity contribution is 6.10. The highest BCUT2D eigenvalue weighted by Crippen LogP contribution is 2.30. The van der Waals surface area contributed by atoms with Crippen LogP contribution in [0.25, 0.3) is 12.2 Å². The molecule has 2 amide bonds. The van der Waals surface area contributed by atoms with E-state index in [1.807, 2.05) is 0 Å². The Morgan fingerprint density at radius 3 is 1.21 bits per heavy atom. The lowest BCUT2D eigenvalue weighted by atomic mass is 10.1. The molecule has 63 heavy (non-hydrogen) atoms. The van der Waals surface area contributed by atoms with Crippen LogP contribution < -0.4 is 29.6 Å². The molecule has 2 rings (SSSR count). The predicted molar refractivity (Wildman–Crippen MR) is 233 cm³/mol. The first kappa shape index (κ1) is 53.9. The molecular weight excluding hydrogens is 824 g/mol. The highest BCUT2D eigenvalue weighted by Gasteiger charge is 2.17. The number of aliphatic hydroxyl groups excluding tert-OH is 2. The minimum absolute atomic E-state index is 0.0719. The SMILES string of the molecule is CC(C)(C)OC(=O)NCCOc1ccc(/C=C/C(=O)CC(=O)/C=C/c2ccc(OCCNC(=O)OC(C)(C)C)c(OCCOCCOCCO)c2)cc1OCCOCCOCCO. The molecule has 352 valence electrons. The number of allylic oxidation sites excluding steroid dienone is 2. The molecule has 0 unspecified atom stereocenters. The third-order valence-electron chi connectivity index (χ3n) is 7.45. The van der Waals surface area contributed by atoms with Crippen molar-refractivity contribution >= 4 is 35.9 Å². The Kier molecular flexibility index (Phi) is 26.3. The van der Waals surface area contributed by atoms with Crippen molar-refractivity contribution in [1.29, 1.82) is 0 Å². The van der Waals surface area contributed by atoms with E-state index in [4.69, 9.17) is 57.6 Å². The molecule has 2 aromatic carbocycles. The fourth-order valence-corrected chi connectivity index (χ4v) is 4.84. The van der Waals surface area contributed by atoms with Crippen LogP contribution in [0.1, 0.15) is 59.1 Å². The van der Waals surface area contributed by atoms with Gasteiger partial charge in [0.2, 0.25) is 0 Å². The number of aliphatic hydroxyl groups is 2.